The molecule has 7 nitrogen and oxygen atoms in total. The van der Waals surface area contributed by atoms with E-state index in [2.05, 4.69) is 21.1 Å². The molecule has 0 spiro atoms. The number of amides is 2. The largest absolute Gasteiger partial charge is 0.457 e. The van der Waals surface area contributed by atoms with Gasteiger partial charge in [0.05, 0.1) is 0 Å². The number of alkyl halides is 8. The molecule has 45 heavy (non-hydrogen) atoms. The van der Waals surface area contributed by atoms with Crippen LogP contribution in [0, 0.1) is 35.5 Å². The Labute approximate surface area is 275 Å². The van der Waals surface area contributed by atoms with Gasteiger partial charge in [0.2, 0.25) is 20.5 Å². The van der Waals surface area contributed by atoms with Gasteiger partial charge in [-0.25, -0.2) is 28.4 Å². The maximum Gasteiger partial charge on any atom is 0.271 e. The minimum Gasteiger partial charge on any atom is -0.457 e. The number of nitrogens with zero attached hydrogens (tertiary/aromatic N) is 2. The number of ether oxygens (including phenoxy) is 1. The van der Waals surface area contributed by atoms with Crippen LogP contribution < -0.4 is 15.6 Å². The zero-order valence-electron chi connectivity index (χ0n) is 23.2. The van der Waals surface area contributed by atoms with Crippen LogP contribution in [0.3, 0.4) is 0 Å². The lowest BCUT2D eigenvalue weighted by atomic mass is 9.86. The highest BCUT2D eigenvalue weighted by atomic mass is 35.5. The minimum atomic E-state index is -2.69. The quantitative estimate of drug-likeness (QED) is 0.127. The van der Waals surface area contributed by atoms with E-state index in [1.54, 1.807) is 24.3 Å². The highest BCUT2D eigenvalue weighted by Gasteiger charge is 2.72. The first-order valence-corrected chi connectivity index (χ1v) is 15.7. The highest BCUT2D eigenvalue weighted by Crippen LogP contribution is 2.67. The first kappa shape index (κ1) is 32.3. The monoisotopic (exact) mass is 706 g/mol. The lowest BCUT2D eigenvalue weighted by molar-refractivity contribution is 0.0289. The van der Waals surface area contributed by atoms with Gasteiger partial charge < -0.3 is 4.74 Å². The van der Waals surface area contributed by atoms with Gasteiger partial charge in [-0.15, -0.1) is 0 Å². The van der Waals surface area contributed by atoms with Crippen LogP contribution in [-0.2, 0) is 0 Å². The van der Waals surface area contributed by atoms with E-state index < -0.39 is 67.8 Å². The van der Waals surface area contributed by atoms with Crippen LogP contribution in [-0.4, -0.2) is 44.8 Å². The first-order chi connectivity index (χ1) is 21.1. The third-order valence-electron chi connectivity index (χ3n) is 9.40. The normalized spacial score (nSPS) is 40.0. The van der Waals surface area contributed by atoms with E-state index in [9.17, 15) is 27.2 Å². The molecular formula is C30H26Cl4F4N4O3. The van der Waals surface area contributed by atoms with E-state index in [1.165, 1.54) is 36.7 Å². The summed E-state index contributed by atoms with van der Waals surface area (Å²) in [7, 11) is 0. The van der Waals surface area contributed by atoms with Crippen LogP contribution in [0.2, 0.25) is 0 Å². The number of nitrogens with one attached hydrogen (secondary N) is 2. The number of halogens is 8. The molecule has 0 heterocycles. The summed E-state index contributed by atoms with van der Waals surface area (Å²) in [5, 5.41) is -2.81. The molecule has 4 aliphatic carbocycles. The third-order valence-corrected chi connectivity index (χ3v) is 11.9. The zero-order chi connectivity index (χ0) is 32.4. The summed E-state index contributed by atoms with van der Waals surface area (Å²) < 4.78 is 63.8. The molecule has 0 unspecified atom stereocenters. The van der Waals surface area contributed by atoms with Crippen molar-refractivity contribution in [3.8, 4) is 11.5 Å². The lowest BCUT2D eigenvalue weighted by Gasteiger charge is -2.36. The number of hydrogen-bond acceptors (Lipinski definition) is 5. The molecule has 6 rings (SSSR count). The Morgan fingerprint density at radius 1 is 0.644 bits per heavy atom. The van der Waals surface area contributed by atoms with Gasteiger partial charge in [-0.05, 0) is 74.2 Å². The summed E-state index contributed by atoms with van der Waals surface area (Å²) in [6.07, 6.45) is 3.71. The van der Waals surface area contributed by atoms with Crippen molar-refractivity contribution in [2.45, 2.75) is 46.2 Å². The molecule has 2 N–H and O–H groups in total. The second kappa shape index (κ2) is 11.6. The molecule has 0 aromatic heterocycles. The number of fused-ring (bicyclic) bond motifs is 4. The van der Waals surface area contributed by atoms with E-state index in [0.29, 0.717) is 11.5 Å². The van der Waals surface area contributed by atoms with Gasteiger partial charge in [0, 0.05) is 59.1 Å². The van der Waals surface area contributed by atoms with E-state index >= 15 is 0 Å². The molecule has 2 amide bonds. The van der Waals surface area contributed by atoms with E-state index in [4.69, 9.17) is 51.1 Å². The molecule has 4 aliphatic rings. The topological polar surface area (TPSA) is 92.1 Å². The predicted octanol–water partition coefficient (Wildman–Crippen LogP) is 7.84. The van der Waals surface area contributed by atoms with E-state index in [1.807, 2.05) is 0 Å². The molecule has 240 valence electrons. The Morgan fingerprint density at radius 2 is 1.00 bits per heavy atom. The fraction of sp³-hybridized carbons (Fsp3) is 0.467. The molecule has 4 fully saturated rings. The Kier molecular flexibility index (Phi) is 8.32. The molecular weight excluding hydrogens is 682 g/mol. The molecule has 15 heteroatoms. The standard InChI is InChI=1S/C30H26Cl4F4N4O3/c31-27(35)19-9-17(23(11-19)29(27,33)37)13-39-41-25(43)15-1-5-21(6-2-15)45-22-7-3-16(4-8-22)26(44)42-40-14-18-10-20-12-24(18)30(34,38)28(20,32)36/h1-8,13-14,17-20,23-24H,9-12H2,(H,41,43)(H,42,44)/t17-,18-,19-,20-,23+,24+,27-,28+,29+,30+/m0/s1. The molecule has 4 bridgehead atoms. The van der Waals surface area contributed by atoms with Crippen molar-refractivity contribution in [2.24, 2.45) is 45.7 Å². The average Bonchev–Trinajstić information content (AvgIpc) is 3.70. The van der Waals surface area contributed by atoms with Gasteiger partial charge in [-0.3, -0.25) is 9.59 Å². The van der Waals surface area contributed by atoms with Gasteiger partial charge in [-0.1, -0.05) is 46.4 Å². The summed E-state index contributed by atoms with van der Waals surface area (Å²) in [6, 6.07) is 12.3. The Morgan fingerprint density at radius 3 is 1.31 bits per heavy atom. The van der Waals surface area contributed by atoms with Crippen molar-refractivity contribution in [2.75, 3.05) is 0 Å². The van der Waals surface area contributed by atoms with Gasteiger partial charge in [0.1, 0.15) is 11.5 Å². The minimum absolute atomic E-state index is 0.204. The predicted molar refractivity (Wildman–Crippen MR) is 163 cm³/mol. The fourth-order valence-electron chi connectivity index (χ4n) is 6.93. The van der Waals surface area contributed by atoms with Crippen LogP contribution in [0.25, 0.3) is 0 Å². The van der Waals surface area contributed by atoms with Crippen molar-refractivity contribution in [3.05, 3.63) is 59.7 Å². The molecule has 2 aromatic carbocycles. The van der Waals surface area contributed by atoms with Crippen LogP contribution in [0.15, 0.2) is 58.7 Å². The molecule has 0 radical (unpaired) electrons. The smallest absolute Gasteiger partial charge is 0.271 e. The summed E-state index contributed by atoms with van der Waals surface area (Å²) >= 11 is 22.9. The summed E-state index contributed by atoms with van der Waals surface area (Å²) in [5.74, 6) is -4.24. The highest BCUT2D eigenvalue weighted by molar-refractivity contribution is 6.34. The Balaban J connectivity index is 0.967. The number of carbonyl (C=O) groups excluding carboxylic acids is 2. The molecule has 0 aliphatic heterocycles. The Hall–Kier alpha value is -2.60. The zero-order valence-corrected chi connectivity index (χ0v) is 26.2. The number of carbonyl (C=O) groups is 2. The lowest BCUT2D eigenvalue weighted by Crippen LogP contribution is -2.47. The fourth-order valence-corrected chi connectivity index (χ4v) is 8.38. The van der Waals surface area contributed by atoms with E-state index in [0.717, 1.165) is 0 Å². The van der Waals surface area contributed by atoms with Crippen molar-refractivity contribution in [1.29, 1.82) is 0 Å². The molecule has 4 saturated carbocycles. The van der Waals surface area contributed by atoms with Crippen molar-refractivity contribution < 1.29 is 31.9 Å². The molecule has 0 saturated heterocycles. The SMILES string of the molecule is O=C(NN=C[C@@H]1C[C@H]2C[C@H]1[C@](F)(Cl)[C@@]2(F)Cl)c1ccc(Oc2ccc(C(=O)NN=C[C@@H]3C[C@H]4C[C@H]3[C@](F)(Cl)[C@]4(F)Cl)cc2)cc1. The van der Waals surface area contributed by atoms with Crippen LogP contribution in [0.5, 0.6) is 11.5 Å². The van der Waals surface area contributed by atoms with Gasteiger partial charge in [0.25, 0.3) is 11.8 Å². The molecule has 2 aromatic rings. The summed E-state index contributed by atoms with van der Waals surface area (Å²) in [6.45, 7) is 0. The van der Waals surface area contributed by atoms with E-state index in [-0.39, 0.29) is 36.8 Å². The molecule has 10 atom stereocenters. The maximum absolute atomic E-state index is 14.6. The van der Waals surface area contributed by atoms with Gasteiger partial charge >= 0.3 is 0 Å². The summed E-state index contributed by atoms with van der Waals surface area (Å²) in [4.78, 5) is 25.0. The number of hydrazone groups is 2. The van der Waals surface area contributed by atoms with Gasteiger partial charge in [-0.2, -0.15) is 10.2 Å². The van der Waals surface area contributed by atoms with Crippen molar-refractivity contribution in [1.82, 2.24) is 10.9 Å². The number of rotatable bonds is 8. The van der Waals surface area contributed by atoms with Crippen molar-refractivity contribution >= 4 is 70.6 Å². The Bertz CT molecular complexity index is 1430. The number of benzene rings is 2. The second-order valence-corrected chi connectivity index (χ2v) is 14.2. The van der Waals surface area contributed by atoms with Crippen LogP contribution in [0.1, 0.15) is 46.4 Å². The maximum atomic E-state index is 14.6. The van der Waals surface area contributed by atoms with Crippen LogP contribution in [0.4, 0.5) is 17.6 Å². The van der Waals surface area contributed by atoms with Crippen molar-refractivity contribution in [3.63, 3.8) is 0 Å². The average molecular weight is 708 g/mol. The third kappa shape index (κ3) is 5.57. The first-order valence-electron chi connectivity index (χ1n) is 14.2. The number of hydrogen-bond donors (Lipinski definition) is 2. The van der Waals surface area contributed by atoms with Crippen LogP contribution >= 0.6 is 46.4 Å². The second-order valence-electron chi connectivity index (χ2n) is 12.0. The summed E-state index contributed by atoms with van der Waals surface area (Å²) in [5.41, 5.74) is 5.30. The van der Waals surface area contributed by atoms with Gasteiger partial charge in [0.15, 0.2) is 0 Å².